The highest BCUT2D eigenvalue weighted by Crippen LogP contribution is 2.44. The second-order valence-electron chi connectivity index (χ2n) is 4.99. The van der Waals surface area contributed by atoms with Crippen LogP contribution in [0.2, 0.25) is 5.02 Å². The van der Waals surface area contributed by atoms with E-state index in [4.69, 9.17) is 11.6 Å². The molecule has 1 aromatic carbocycles. The maximum atomic E-state index is 12.5. The minimum atomic E-state index is -1.69. The van der Waals surface area contributed by atoms with E-state index in [0.717, 1.165) is 12.1 Å². The number of aromatic amines is 1. The summed E-state index contributed by atoms with van der Waals surface area (Å²) in [4.78, 5) is 17.1. The molecule has 3 rings (SSSR count). The van der Waals surface area contributed by atoms with E-state index in [1.807, 2.05) is 13.0 Å². The van der Waals surface area contributed by atoms with E-state index in [1.54, 1.807) is 31.3 Å². The molecule has 0 aliphatic carbocycles. The van der Waals surface area contributed by atoms with Gasteiger partial charge in [-0.1, -0.05) is 18.5 Å². The Morgan fingerprint density at radius 3 is 2.75 bits per heavy atom. The molecule has 1 aliphatic heterocycles. The first-order valence-electron chi connectivity index (χ1n) is 6.47. The molecule has 0 unspecified atom stereocenters. The number of aromatic nitrogens is 1. The van der Waals surface area contributed by atoms with Crippen molar-refractivity contribution in [3.8, 4) is 0 Å². The van der Waals surface area contributed by atoms with Gasteiger partial charge in [0.2, 0.25) is 5.60 Å². The molecular formula is C15H15ClN2O2. The molecule has 0 fully saturated rings. The van der Waals surface area contributed by atoms with E-state index >= 15 is 0 Å². The molecule has 20 heavy (non-hydrogen) atoms. The fraction of sp³-hybridized carbons (Fsp3) is 0.267. The number of carbonyl (C=O) groups excluding carboxylic acids is 1. The predicted molar refractivity (Wildman–Crippen MR) is 78.0 cm³/mol. The van der Waals surface area contributed by atoms with Gasteiger partial charge in [-0.15, -0.1) is 0 Å². The van der Waals surface area contributed by atoms with Crippen LogP contribution in [0.1, 0.15) is 23.9 Å². The molecule has 1 aliphatic rings. The molecule has 0 spiro atoms. The molecule has 5 heteroatoms. The molecule has 1 atom stereocenters. The first-order chi connectivity index (χ1) is 9.48. The van der Waals surface area contributed by atoms with Crippen LogP contribution in [-0.2, 0) is 16.8 Å². The van der Waals surface area contributed by atoms with Crippen LogP contribution >= 0.6 is 11.6 Å². The Kier molecular flexibility index (Phi) is 2.88. The molecule has 4 nitrogen and oxygen atoms in total. The number of anilines is 1. The summed E-state index contributed by atoms with van der Waals surface area (Å²) < 4.78 is 0. The number of nitrogens with zero attached hydrogens (tertiary/aromatic N) is 1. The molecule has 1 amide bonds. The highest BCUT2D eigenvalue weighted by molar-refractivity contribution is 6.31. The van der Waals surface area contributed by atoms with Gasteiger partial charge in [-0.05, 0) is 36.8 Å². The molecular weight excluding hydrogens is 276 g/mol. The van der Waals surface area contributed by atoms with Gasteiger partial charge in [0, 0.05) is 23.3 Å². The fourth-order valence-electron chi connectivity index (χ4n) is 2.68. The van der Waals surface area contributed by atoms with E-state index in [2.05, 4.69) is 4.98 Å². The molecule has 2 aromatic rings. The number of H-pyrrole nitrogens is 1. The van der Waals surface area contributed by atoms with Gasteiger partial charge in [-0.25, -0.2) is 0 Å². The monoisotopic (exact) mass is 290 g/mol. The minimum Gasteiger partial charge on any atom is -0.371 e. The zero-order valence-electron chi connectivity index (χ0n) is 11.3. The van der Waals surface area contributed by atoms with Crippen molar-refractivity contribution in [1.82, 2.24) is 4.98 Å². The highest BCUT2D eigenvalue weighted by Gasteiger charge is 2.50. The number of carbonyl (C=O) groups is 1. The third kappa shape index (κ3) is 1.62. The Balaban J connectivity index is 2.22. The number of likely N-dealkylation sites (N-methyl/N-ethyl adjacent to an activating group) is 1. The number of rotatable bonds is 2. The van der Waals surface area contributed by atoms with Crippen molar-refractivity contribution in [1.29, 1.82) is 0 Å². The normalized spacial score (nSPS) is 21.4. The standard InChI is InChI=1S/C15H15ClN2O2/c1-3-10-5-7-13(17-10)15(20)11-8-9(16)4-6-12(11)18(2)14(15)19/h4-8,17,20H,3H2,1-2H3/t15-/m0/s1. The van der Waals surface area contributed by atoms with E-state index in [0.29, 0.717) is 22.0 Å². The van der Waals surface area contributed by atoms with Gasteiger partial charge in [0.1, 0.15) is 0 Å². The average Bonchev–Trinajstić information content (AvgIpc) is 2.99. The Morgan fingerprint density at radius 1 is 1.35 bits per heavy atom. The SMILES string of the molecule is CCc1ccc([C@]2(O)C(=O)N(C)c3ccc(Cl)cc32)[nH]1. The number of aliphatic hydroxyl groups is 1. The van der Waals surface area contributed by atoms with E-state index in [-0.39, 0.29) is 5.91 Å². The van der Waals surface area contributed by atoms with E-state index < -0.39 is 5.60 Å². The van der Waals surface area contributed by atoms with Gasteiger partial charge in [-0.2, -0.15) is 0 Å². The van der Waals surface area contributed by atoms with E-state index in [9.17, 15) is 9.90 Å². The second-order valence-corrected chi connectivity index (χ2v) is 5.42. The molecule has 2 N–H and O–H groups in total. The van der Waals surface area contributed by atoms with Crippen LogP contribution in [0.4, 0.5) is 5.69 Å². The summed E-state index contributed by atoms with van der Waals surface area (Å²) in [5.74, 6) is -0.376. The zero-order valence-corrected chi connectivity index (χ0v) is 12.0. The highest BCUT2D eigenvalue weighted by atomic mass is 35.5. The predicted octanol–water partition coefficient (Wildman–Crippen LogP) is 2.44. The molecule has 1 aromatic heterocycles. The summed E-state index contributed by atoms with van der Waals surface area (Å²) >= 11 is 6.01. The Labute approximate surface area is 122 Å². The number of benzene rings is 1. The quantitative estimate of drug-likeness (QED) is 0.892. The van der Waals surface area contributed by atoms with Crippen LogP contribution in [0.3, 0.4) is 0 Å². The van der Waals surface area contributed by atoms with Crippen LogP contribution in [0, 0.1) is 0 Å². The topological polar surface area (TPSA) is 56.3 Å². The van der Waals surface area contributed by atoms with Crippen LogP contribution < -0.4 is 4.90 Å². The van der Waals surface area contributed by atoms with Crippen molar-refractivity contribution in [2.45, 2.75) is 18.9 Å². The average molecular weight is 291 g/mol. The smallest absolute Gasteiger partial charge is 0.269 e. The molecule has 0 saturated carbocycles. The third-order valence-electron chi connectivity index (χ3n) is 3.84. The Morgan fingerprint density at radius 2 is 2.10 bits per heavy atom. The van der Waals surface area contributed by atoms with Gasteiger partial charge >= 0.3 is 0 Å². The second kappa shape index (κ2) is 4.36. The summed E-state index contributed by atoms with van der Waals surface area (Å²) in [5.41, 5.74) is 0.950. The van der Waals surface area contributed by atoms with Crippen molar-refractivity contribution < 1.29 is 9.90 Å². The van der Waals surface area contributed by atoms with Gasteiger partial charge in [0.15, 0.2) is 0 Å². The van der Waals surface area contributed by atoms with Crippen LogP contribution in [0.25, 0.3) is 0 Å². The lowest BCUT2D eigenvalue weighted by Crippen LogP contribution is -2.39. The summed E-state index contributed by atoms with van der Waals surface area (Å²) in [5, 5.41) is 11.5. The lowest BCUT2D eigenvalue weighted by molar-refractivity contribution is -0.132. The van der Waals surface area contributed by atoms with Crippen LogP contribution in [0.5, 0.6) is 0 Å². The minimum absolute atomic E-state index is 0.376. The Bertz CT molecular complexity index is 695. The number of fused-ring (bicyclic) bond motifs is 1. The fourth-order valence-corrected chi connectivity index (χ4v) is 2.85. The largest absolute Gasteiger partial charge is 0.371 e. The molecule has 104 valence electrons. The first-order valence-corrected chi connectivity index (χ1v) is 6.85. The number of halogens is 1. The molecule has 2 heterocycles. The maximum absolute atomic E-state index is 12.5. The summed E-state index contributed by atoms with van der Waals surface area (Å²) in [6.45, 7) is 2.01. The summed E-state index contributed by atoms with van der Waals surface area (Å²) in [6, 6.07) is 8.73. The van der Waals surface area contributed by atoms with Crippen molar-refractivity contribution in [2.75, 3.05) is 11.9 Å². The van der Waals surface area contributed by atoms with Gasteiger partial charge in [0.25, 0.3) is 5.91 Å². The summed E-state index contributed by atoms with van der Waals surface area (Å²) in [7, 11) is 1.65. The van der Waals surface area contributed by atoms with Gasteiger partial charge < -0.3 is 15.0 Å². The lowest BCUT2D eigenvalue weighted by Gasteiger charge is -2.20. The third-order valence-corrected chi connectivity index (χ3v) is 4.08. The number of aryl methyl sites for hydroxylation is 1. The van der Waals surface area contributed by atoms with Crippen LogP contribution in [-0.4, -0.2) is 23.0 Å². The van der Waals surface area contributed by atoms with Gasteiger partial charge in [-0.3, -0.25) is 4.79 Å². The number of hydrogen-bond donors (Lipinski definition) is 2. The molecule has 0 radical (unpaired) electrons. The summed E-state index contributed by atoms with van der Waals surface area (Å²) in [6.07, 6.45) is 0.808. The number of hydrogen-bond acceptors (Lipinski definition) is 2. The lowest BCUT2D eigenvalue weighted by atomic mass is 9.92. The van der Waals surface area contributed by atoms with Gasteiger partial charge in [0.05, 0.1) is 11.4 Å². The van der Waals surface area contributed by atoms with Crippen molar-refractivity contribution in [3.05, 3.63) is 52.3 Å². The molecule has 0 bridgehead atoms. The zero-order chi connectivity index (χ0) is 14.5. The van der Waals surface area contributed by atoms with Crippen molar-refractivity contribution >= 4 is 23.2 Å². The Hall–Kier alpha value is -1.78. The first kappa shape index (κ1) is 13.2. The number of amides is 1. The molecule has 0 saturated heterocycles. The maximum Gasteiger partial charge on any atom is 0.269 e. The number of nitrogens with one attached hydrogen (secondary N) is 1. The van der Waals surface area contributed by atoms with Crippen molar-refractivity contribution in [3.63, 3.8) is 0 Å². The van der Waals surface area contributed by atoms with E-state index in [1.165, 1.54) is 4.90 Å². The van der Waals surface area contributed by atoms with Crippen LogP contribution in [0.15, 0.2) is 30.3 Å². The van der Waals surface area contributed by atoms with Crippen molar-refractivity contribution in [2.24, 2.45) is 0 Å².